The largest absolute Gasteiger partial charge is 0.478 e. The molecule has 0 saturated carbocycles. The van der Waals surface area contributed by atoms with Crippen LogP contribution in [0.25, 0.3) is 0 Å². The van der Waals surface area contributed by atoms with E-state index in [1.165, 1.54) is 12.3 Å². The number of nitrogen functional groups attached to an aromatic ring is 1. The van der Waals surface area contributed by atoms with Gasteiger partial charge in [-0.1, -0.05) is 0 Å². The Morgan fingerprint density at radius 2 is 2.22 bits per heavy atom. The van der Waals surface area contributed by atoms with Gasteiger partial charge >= 0.3 is 5.97 Å². The molecule has 6 nitrogen and oxygen atoms in total. The molecule has 0 aliphatic carbocycles. The SMILES string of the molecule is CN1CCC(Nc2cc(C(=O)O)c(N)cn2)CC1. The third-order valence-electron chi connectivity index (χ3n) is 3.24. The predicted octanol–water partition coefficient (Wildman–Crippen LogP) is 0.868. The molecule has 1 aromatic rings. The number of carbonyl (C=O) groups is 1. The number of piperidine rings is 1. The molecule has 2 heterocycles. The average molecular weight is 250 g/mol. The Labute approximate surface area is 106 Å². The smallest absolute Gasteiger partial charge is 0.337 e. The van der Waals surface area contributed by atoms with Gasteiger partial charge in [0.1, 0.15) is 5.82 Å². The number of nitrogens with one attached hydrogen (secondary N) is 1. The van der Waals surface area contributed by atoms with Crippen molar-refractivity contribution >= 4 is 17.5 Å². The number of likely N-dealkylation sites (tertiary alicyclic amines) is 1. The molecule has 0 spiro atoms. The van der Waals surface area contributed by atoms with E-state index < -0.39 is 5.97 Å². The lowest BCUT2D eigenvalue weighted by Gasteiger charge is -2.29. The number of rotatable bonds is 3. The topological polar surface area (TPSA) is 91.5 Å². The van der Waals surface area contributed by atoms with E-state index in [1.807, 2.05) is 0 Å². The molecule has 0 radical (unpaired) electrons. The van der Waals surface area contributed by atoms with Crippen LogP contribution in [0.2, 0.25) is 0 Å². The fourth-order valence-corrected chi connectivity index (χ4v) is 2.09. The molecule has 2 rings (SSSR count). The number of nitrogens with two attached hydrogens (primary N) is 1. The normalized spacial score (nSPS) is 17.6. The average Bonchev–Trinajstić information content (AvgIpc) is 2.34. The van der Waals surface area contributed by atoms with Crippen molar-refractivity contribution in [3.8, 4) is 0 Å². The van der Waals surface area contributed by atoms with E-state index >= 15 is 0 Å². The summed E-state index contributed by atoms with van der Waals surface area (Å²) >= 11 is 0. The molecular weight excluding hydrogens is 232 g/mol. The van der Waals surface area contributed by atoms with Crippen molar-refractivity contribution in [2.75, 3.05) is 31.2 Å². The van der Waals surface area contributed by atoms with Gasteiger partial charge in [0, 0.05) is 6.04 Å². The van der Waals surface area contributed by atoms with Crippen LogP contribution in [-0.4, -0.2) is 47.1 Å². The predicted molar refractivity (Wildman–Crippen MR) is 69.8 cm³/mol. The second-order valence-electron chi connectivity index (χ2n) is 4.68. The Kier molecular flexibility index (Phi) is 3.66. The Hall–Kier alpha value is -1.82. The number of anilines is 2. The lowest BCUT2D eigenvalue weighted by molar-refractivity contribution is 0.0698. The van der Waals surface area contributed by atoms with Crippen molar-refractivity contribution in [2.45, 2.75) is 18.9 Å². The van der Waals surface area contributed by atoms with Gasteiger partial charge in [-0.15, -0.1) is 0 Å². The molecule has 1 aliphatic heterocycles. The Morgan fingerprint density at radius 1 is 1.56 bits per heavy atom. The summed E-state index contributed by atoms with van der Waals surface area (Å²) in [5.41, 5.74) is 5.85. The summed E-state index contributed by atoms with van der Waals surface area (Å²) in [4.78, 5) is 17.4. The van der Waals surface area contributed by atoms with Gasteiger partial charge in [-0.25, -0.2) is 9.78 Å². The van der Waals surface area contributed by atoms with Crippen molar-refractivity contribution in [3.05, 3.63) is 17.8 Å². The molecule has 0 aromatic carbocycles. The molecule has 6 heteroatoms. The van der Waals surface area contributed by atoms with Crippen molar-refractivity contribution in [3.63, 3.8) is 0 Å². The number of nitrogens with zero attached hydrogens (tertiary/aromatic N) is 2. The number of aromatic nitrogens is 1. The van der Waals surface area contributed by atoms with Crippen LogP contribution < -0.4 is 11.1 Å². The fraction of sp³-hybridized carbons (Fsp3) is 0.500. The quantitative estimate of drug-likeness (QED) is 0.737. The Bertz CT molecular complexity index is 442. The molecule has 0 bridgehead atoms. The summed E-state index contributed by atoms with van der Waals surface area (Å²) < 4.78 is 0. The van der Waals surface area contributed by atoms with Gasteiger partial charge in [-0.2, -0.15) is 0 Å². The first kappa shape index (κ1) is 12.6. The molecule has 1 fully saturated rings. The summed E-state index contributed by atoms with van der Waals surface area (Å²) in [7, 11) is 2.10. The molecule has 1 aromatic heterocycles. The maximum Gasteiger partial charge on any atom is 0.337 e. The second-order valence-corrected chi connectivity index (χ2v) is 4.68. The third kappa shape index (κ3) is 2.89. The van der Waals surface area contributed by atoms with Crippen LogP contribution in [0.15, 0.2) is 12.3 Å². The van der Waals surface area contributed by atoms with Gasteiger partial charge in [0.2, 0.25) is 0 Å². The zero-order chi connectivity index (χ0) is 13.1. The fourth-order valence-electron chi connectivity index (χ4n) is 2.09. The number of hydrogen-bond donors (Lipinski definition) is 3. The van der Waals surface area contributed by atoms with E-state index in [2.05, 4.69) is 22.2 Å². The summed E-state index contributed by atoms with van der Waals surface area (Å²) in [6.07, 6.45) is 3.46. The minimum Gasteiger partial charge on any atom is -0.478 e. The molecule has 98 valence electrons. The minimum absolute atomic E-state index is 0.0976. The van der Waals surface area contributed by atoms with Gasteiger partial charge < -0.3 is 21.1 Å². The molecule has 1 saturated heterocycles. The Morgan fingerprint density at radius 3 is 2.83 bits per heavy atom. The van der Waals surface area contributed by atoms with Crippen molar-refractivity contribution in [1.82, 2.24) is 9.88 Å². The monoisotopic (exact) mass is 250 g/mol. The van der Waals surface area contributed by atoms with E-state index in [0.717, 1.165) is 25.9 Å². The maximum absolute atomic E-state index is 11.0. The number of carboxylic acids is 1. The van der Waals surface area contributed by atoms with Crippen LogP contribution in [-0.2, 0) is 0 Å². The second kappa shape index (κ2) is 5.22. The molecule has 1 aliphatic rings. The molecule has 0 unspecified atom stereocenters. The van der Waals surface area contributed by atoms with Crippen LogP contribution >= 0.6 is 0 Å². The third-order valence-corrected chi connectivity index (χ3v) is 3.24. The lowest BCUT2D eigenvalue weighted by atomic mass is 10.1. The zero-order valence-electron chi connectivity index (χ0n) is 10.4. The van der Waals surface area contributed by atoms with Crippen LogP contribution in [0.3, 0.4) is 0 Å². The first-order valence-corrected chi connectivity index (χ1v) is 6.00. The standard InChI is InChI=1S/C12H18N4O2/c1-16-4-2-8(3-5-16)15-11-6-9(12(17)18)10(13)7-14-11/h6-8H,2-5,13H2,1H3,(H,14,15)(H,17,18). The summed E-state index contributed by atoms with van der Waals surface area (Å²) in [5, 5.41) is 12.3. The highest BCUT2D eigenvalue weighted by Gasteiger charge is 2.17. The van der Waals surface area contributed by atoms with Gasteiger partial charge in [-0.3, -0.25) is 0 Å². The van der Waals surface area contributed by atoms with E-state index in [-0.39, 0.29) is 11.3 Å². The highest BCUT2D eigenvalue weighted by molar-refractivity contribution is 5.94. The summed E-state index contributed by atoms with van der Waals surface area (Å²) in [6.45, 7) is 2.08. The lowest BCUT2D eigenvalue weighted by Crippen LogP contribution is -2.36. The van der Waals surface area contributed by atoms with Crippen molar-refractivity contribution in [1.29, 1.82) is 0 Å². The van der Waals surface area contributed by atoms with E-state index in [4.69, 9.17) is 10.8 Å². The molecule has 18 heavy (non-hydrogen) atoms. The van der Waals surface area contributed by atoms with E-state index in [9.17, 15) is 4.79 Å². The Balaban J connectivity index is 2.05. The zero-order valence-corrected chi connectivity index (χ0v) is 10.4. The van der Waals surface area contributed by atoms with Gasteiger partial charge in [-0.05, 0) is 39.0 Å². The molecule has 0 amide bonds. The van der Waals surface area contributed by atoms with Crippen LogP contribution in [0, 0.1) is 0 Å². The van der Waals surface area contributed by atoms with E-state index in [1.54, 1.807) is 0 Å². The number of pyridine rings is 1. The highest BCUT2D eigenvalue weighted by atomic mass is 16.4. The van der Waals surface area contributed by atoms with Gasteiger partial charge in [0.25, 0.3) is 0 Å². The van der Waals surface area contributed by atoms with Crippen LogP contribution in [0.1, 0.15) is 23.2 Å². The number of hydrogen-bond acceptors (Lipinski definition) is 5. The van der Waals surface area contributed by atoms with Crippen LogP contribution in [0.4, 0.5) is 11.5 Å². The maximum atomic E-state index is 11.0. The minimum atomic E-state index is -1.03. The number of carboxylic acid groups (broad SMARTS) is 1. The summed E-state index contributed by atoms with van der Waals surface area (Å²) in [5.74, 6) is -0.447. The first-order chi connectivity index (χ1) is 8.56. The highest BCUT2D eigenvalue weighted by Crippen LogP contribution is 2.18. The van der Waals surface area contributed by atoms with Crippen LogP contribution in [0.5, 0.6) is 0 Å². The first-order valence-electron chi connectivity index (χ1n) is 6.00. The number of aromatic carboxylic acids is 1. The molecular formula is C12H18N4O2. The van der Waals surface area contributed by atoms with Gasteiger partial charge in [0.05, 0.1) is 17.4 Å². The van der Waals surface area contributed by atoms with Crippen molar-refractivity contribution in [2.24, 2.45) is 0 Å². The summed E-state index contributed by atoms with van der Waals surface area (Å²) in [6, 6.07) is 1.84. The van der Waals surface area contributed by atoms with Gasteiger partial charge in [0.15, 0.2) is 0 Å². The van der Waals surface area contributed by atoms with E-state index in [0.29, 0.717) is 11.9 Å². The van der Waals surface area contributed by atoms with Crippen molar-refractivity contribution < 1.29 is 9.90 Å². The molecule has 4 N–H and O–H groups in total. The molecule has 0 atom stereocenters.